The van der Waals surface area contributed by atoms with Crippen LogP contribution in [0.3, 0.4) is 0 Å². The number of rotatable bonds is 0. The Morgan fingerprint density at radius 3 is 2.57 bits per heavy atom. The van der Waals surface area contributed by atoms with Crippen molar-refractivity contribution in [2.45, 2.75) is 6.42 Å². The second-order valence-electron chi connectivity index (χ2n) is 1.17. The molecule has 1 aliphatic rings. The molecule has 42 valence electrons. The van der Waals surface area contributed by atoms with Crippen molar-refractivity contribution < 1.29 is 0 Å². The summed E-state index contributed by atoms with van der Waals surface area (Å²) < 4.78 is 3.11. The van der Waals surface area contributed by atoms with Gasteiger partial charge in [-0.25, -0.2) is 0 Å². The predicted octanol–water partition coefficient (Wildman–Crippen LogP) is 1.25. The van der Waals surface area contributed by atoms with Gasteiger partial charge in [-0.3, -0.25) is 4.72 Å². The fraction of sp³-hybridized carbons (Fsp3) is 0.500. The van der Waals surface area contributed by atoms with Crippen LogP contribution in [0.5, 0.6) is 0 Å². The predicted molar refractivity (Wildman–Crippen MR) is 39.7 cm³/mol. The maximum Gasteiger partial charge on any atom is 0.00965 e. The second-order valence-corrected chi connectivity index (χ2v) is 1.97. The molecule has 0 saturated heterocycles. The number of hydrogen-bond donors (Lipinski definition) is 1. The van der Waals surface area contributed by atoms with Gasteiger partial charge in [-0.05, 0) is 11.8 Å². The molecule has 0 saturated carbocycles. The average molecular weight is 135 g/mol. The smallest absolute Gasteiger partial charge is 0.00965 e. The van der Waals surface area contributed by atoms with Gasteiger partial charge >= 0.3 is 0 Å². The molecule has 0 unspecified atom stereocenters. The molecule has 0 aromatic rings. The zero-order chi connectivity index (χ0) is 4.24. The first-order valence-electron chi connectivity index (χ1n) is 2.03. The van der Waals surface area contributed by atoms with Crippen molar-refractivity contribution >= 4 is 25.4 Å². The van der Waals surface area contributed by atoms with Gasteiger partial charge in [-0.1, -0.05) is 18.0 Å². The van der Waals surface area contributed by atoms with Crippen molar-refractivity contribution in [3.8, 4) is 0 Å². The van der Waals surface area contributed by atoms with Crippen molar-refractivity contribution in [2.24, 2.45) is 0 Å². The molecular weight excluding hydrogens is 126 g/mol. The van der Waals surface area contributed by atoms with Crippen molar-refractivity contribution in [2.75, 3.05) is 6.54 Å². The average Bonchev–Trinajstić information content (AvgIpc) is 1.72. The Morgan fingerprint density at radius 1 is 1.57 bits per heavy atom. The van der Waals surface area contributed by atoms with E-state index in [0.717, 1.165) is 6.54 Å². The maximum absolute atomic E-state index is 3.11. The summed E-state index contributed by atoms with van der Waals surface area (Å²) in [5.41, 5.74) is 0. The highest BCUT2D eigenvalue weighted by Crippen LogP contribution is 2.01. The Bertz CT molecular complexity index is 54.7. The second kappa shape index (κ2) is 4.56. The Balaban J connectivity index is 0.000000360. The van der Waals surface area contributed by atoms with E-state index in [-0.39, 0.29) is 13.5 Å². The highest BCUT2D eigenvalue weighted by Gasteiger charge is 1.85. The third-order valence-electron chi connectivity index (χ3n) is 0.661. The van der Waals surface area contributed by atoms with E-state index >= 15 is 0 Å². The summed E-state index contributed by atoms with van der Waals surface area (Å²) in [7, 11) is 0. The van der Waals surface area contributed by atoms with Gasteiger partial charge in [-0.15, -0.1) is 0 Å². The highest BCUT2D eigenvalue weighted by atomic mass is 32.2. The summed E-state index contributed by atoms with van der Waals surface area (Å²) in [6.07, 6.45) is 3.36. The van der Waals surface area contributed by atoms with Crippen molar-refractivity contribution in [1.29, 1.82) is 0 Å². The van der Waals surface area contributed by atoms with Gasteiger partial charge in [0.2, 0.25) is 0 Å². The molecule has 0 aliphatic carbocycles. The molecule has 0 fully saturated rings. The molecule has 7 heavy (non-hydrogen) atoms. The summed E-state index contributed by atoms with van der Waals surface area (Å²) in [6, 6.07) is 0. The lowest BCUT2D eigenvalue weighted by atomic mass is 10.4. The fourth-order valence-electron chi connectivity index (χ4n) is 0.365. The van der Waals surface area contributed by atoms with Crippen molar-refractivity contribution in [3.63, 3.8) is 0 Å². The monoisotopic (exact) mass is 135 g/mol. The van der Waals surface area contributed by atoms with E-state index in [2.05, 4.69) is 16.2 Å². The van der Waals surface area contributed by atoms with E-state index in [1.165, 1.54) is 6.42 Å². The summed E-state index contributed by atoms with van der Waals surface area (Å²) in [5, 5.41) is 2.07. The first-order valence-corrected chi connectivity index (χ1v) is 2.91. The molecule has 0 spiro atoms. The third kappa shape index (κ3) is 3.02. The highest BCUT2D eigenvalue weighted by molar-refractivity contribution is 8.00. The summed E-state index contributed by atoms with van der Waals surface area (Å²) in [5.74, 6) is 0. The van der Waals surface area contributed by atoms with Crippen LogP contribution in [0.2, 0.25) is 0 Å². The number of nitrogens with one attached hydrogen (secondary N) is 1. The van der Waals surface area contributed by atoms with Crippen LogP contribution in [0.1, 0.15) is 6.42 Å². The van der Waals surface area contributed by atoms with E-state index in [4.69, 9.17) is 0 Å². The number of hydrogen-bond acceptors (Lipinski definition) is 2. The van der Waals surface area contributed by atoms with E-state index in [0.29, 0.717) is 0 Å². The molecule has 1 N–H and O–H groups in total. The molecule has 0 atom stereocenters. The van der Waals surface area contributed by atoms with Gasteiger partial charge in [-0.2, -0.15) is 13.5 Å². The third-order valence-corrected chi connectivity index (χ3v) is 1.36. The van der Waals surface area contributed by atoms with Crippen LogP contribution in [0.25, 0.3) is 0 Å². The molecule has 1 nitrogen and oxygen atoms in total. The standard InChI is InChI=1S/C4H7NS.H2S/c1-2-4-6-5-3-1;/h2,4-5H,1,3H2;1H2. The van der Waals surface area contributed by atoms with Crippen molar-refractivity contribution in [1.82, 2.24) is 4.72 Å². The van der Waals surface area contributed by atoms with Gasteiger partial charge < -0.3 is 0 Å². The molecule has 0 aromatic heterocycles. The van der Waals surface area contributed by atoms with Crippen molar-refractivity contribution in [3.05, 3.63) is 11.5 Å². The minimum absolute atomic E-state index is 0. The van der Waals surface area contributed by atoms with Gasteiger partial charge in [0, 0.05) is 6.54 Å². The van der Waals surface area contributed by atoms with Crippen LogP contribution in [0, 0.1) is 0 Å². The maximum atomic E-state index is 3.11. The van der Waals surface area contributed by atoms with Gasteiger partial charge in [0.1, 0.15) is 0 Å². The molecular formula is C4H9NS2. The van der Waals surface area contributed by atoms with Crippen LogP contribution in [0.4, 0.5) is 0 Å². The molecule has 1 aliphatic heterocycles. The quantitative estimate of drug-likeness (QED) is 0.502. The molecule has 0 aromatic carbocycles. The topological polar surface area (TPSA) is 12.0 Å². The largest absolute Gasteiger partial charge is 0.260 e. The molecule has 0 radical (unpaired) electrons. The summed E-state index contributed by atoms with van der Waals surface area (Å²) >= 11 is 1.66. The lowest BCUT2D eigenvalue weighted by Crippen LogP contribution is -2.05. The first kappa shape index (κ1) is 7.40. The van der Waals surface area contributed by atoms with Crippen LogP contribution < -0.4 is 4.72 Å². The van der Waals surface area contributed by atoms with Gasteiger partial charge in [0.25, 0.3) is 0 Å². The van der Waals surface area contributed by atoms with E-state index < -0.39 is 0 Å². The Morgan fingerprint density at radius 2 is 2.43 bits per heavy atom. The summed E-state index contributed by atoms with van der Waals surface area (Å²) in [6.45, 7) is 1.13. The zero-order valence-corrected chi connectivity index (χ0v) is 5.79. The molecule has 1 heterocycles. The lowest BCUT2D eigenvalue weighted by Gasteiger charge is -2.00. The summed E-state index contributed by atoms with van der Waals surface area (Å²) in [4.78, 5) is 0. The van der Waals surface area contributed by atoms with E-state index in [9.17, 15) is 0 Å². The Labute approximate surface area is 55.1 Å². The molecule has 0 amide bonds. The Kier molecular flexibility index (Phi) is 4.82. The Hall–Kier alpha value is 0.400. The minimum atomic E-state index is 0. The van der Waals surface area contributed by atoms with Gasteiger partial charge in [0.05, 0.1) is 0 Å². The minimum Gasteiger partial charge on any atom is -0.260 e. The lowest BCUT2D eigenvalue weighted by molar-refractivity contribution is 0.931. The fourth-order valence-corrected chi connectivity index (χ4v) is 0.930. The van der Waals surface area contributed by atoms with Crippen LogP contribution in [-0.4, -0.2) is 6.54 Å². The van der Waals surface area contributed by atoms with Crippen LogP contribution in [-0.2, 0) is 0 Å². The van der Waals surface area contributed by atoms with Crippen LogP contribution in [0.15, 0.2) is 11.5 Å². The molecule has 0 bridgehead atoms. The van der Waals surface area contributed by atoms with Crippen LogP contribution >= 0.6 is 25.4 Å². The van der Waals surface area contributed by atoms with E-state index in [1.54, 1.807) is 11.9 Å². The van der Waals surface area contributed by atoms with Gasteiger partial charge in [0.15, 0.2) is 0 Å². The molecule has 1 rings (SSSR count). The zero-order valence-electron chi connectivity index (χ0n) is 3.98. The molecule has 3 heteroatoms. The normalized spacial score (nSPS) is 18.3. The first-order chi connectivity index (χ1) is 3.00. The van der Waals surface area contributed by atoms with E-state index in [1.807, 2.05) is 0 Å². The SMILES string of the molecule is C1=CSNCC1.S.